The van der Waals surface area contributed by atoms with Gasteiger partial charge in [-0.3, -0.25) is 0 Å². The Morgan fingerprint density at radius 3 is 2.63 bits per heavy atom. The summed E-state index contributed by atoms with van der Waals surface area (Å²) in [6.07, 6.45) is 2.73. The minimum absolute atomic E-state index is 0.378. The van der Waals surface area contributed by atoms with Crippen LogP contribution in [0.1, 0.15) is 24.0 Å². The van der Waals surface area contributed by atoms with Crippen molar-refractivity contribution in [1.29, 1.82) is 0 Å². The van der Waals surface area contributed by atoms with Gasteiger partial charge in [0.2, 0.25) is 0 Å². The normalized spacial score (nSPS) is 16.4. The van der Waals surface area contributed by atoms with Crippen molar-refractivity contribution < 1.29 is 4.74 Å². The van der Waals surface area contributed by atoms with Crippen LogP contribution in [0.25, 0.3) is 33.5 Å². The zero-order valence-electron chi connectivity index (χ0n) is 17.3. The molecular formula is C26H27N3O. The number of hydrogen-bond acceptors (Lipinski definition) is 3. The Morgan fingerprint density at radius 2 is 1.83 bits per heavy atom. The van der Waals surface area contributed by atoms with Crippen molar-refractivity contribution in [3.8, 4) is 22.5 Å². The molecule has 1 aliphatic heterocycles. The number of fused-ring (bicyclic) bond motifs is 1. The largest absolute Gasteiger partial charge is 0.377 e. The van der Waals surface area contributed by atoms with E-state index in [1.807, 2.05) is 0 Å². The molecule has 5 rings (SSSR count). The summed E-state index contributed by atoms with van der Waals surface area (Å²) in [6.45, 7) is 4.80. The monoisotopic (exact) mass is 397 g/mol. The summed E-state index contributed by atoms with van der Waals surface area (Å²) in [6, 6.07) is 23.6. The van der Waals surface area contributed by atoms with Crippen LogP contribution in [0.5, 0.6) is 0 Å². The lowest BCUT2D eigenvalue weighted by atomic mass is 10.0. The van der Waals surface area contributed by atoms with Gasteiger partial charge in [0, 0.05) is 25.3 Å². The number of para-hydroxylation sites is 1. The van der Waals surface area contributed by atoms with Gasteiger partial charge in [-0.1, -0.05) is 54.6 Å². The highest BCUT2D eigenvalue weighted by Gasteiger charge is 2.14. The Bertz CT molecular complexity index is 1140. The number of rotatable bonds is 6. The van der Waals surface area contributed by atoms with Crippen LogP contribution in [0.15, 0.2) is 66.7 Å². The fraction of sp³-hybridized carbons (Fsp3) is 0.269. The minimum atomic E-state index is 0.378. The fourth-order valence-corrected chi connectivity index (χ4v) is 4.18. The standard InChI is InChI=1S/C26H27N3O/c1-18-5-2-9-24-25(18)29-26(28-24)21-12-10-20(11-13-21)22-7-3-6-19(15-22)16-27-17-23-8-4-14-30-23/h2-3,5-7,9-13,15,23,27H,4,8,14,16-17H2,1H3,(H,28,29). The molecule has 4 nitrogen and oxygen atoms in total. The van der Waals surface area contributed by atoms with E-state index in [1.54, 1.807) is 0 Å². The van der Waals surface area contributed by atoms with Gasteiger partial charge < -0.3 is 15.0 Å². The molecule has 30 heavy (non-hydrogen) atoms. The number of H-pyrrole nitrogens is 1. The lowest BCUT2D eigenvalue weighted by Crippen LogP contribution is -2.25. The number of aromatic nitrogens is 2. The molecule has 0 bridgehead atoms. The van der Waals surface area contributed by atoms with E-state index in [9.17, 15) is 0 Å². The lowest BCUT2D eigenvalue weighted by molar-refractivity contribution is 0.110. The van der Waals surface area contributed by atoms with E-state index in [2.05, 4.69) is 84.0 Å². The molecule has 1 atom stereocenters. The maximum Gasteiger partial charge on any atom is 0.138 e. The molecule has 152 valence electrons. The second kappa shape index (κ2) is 8.42. The van der Waals surface area contributed by atoms with Crippen molar-refractivity contribution in [2.45, 2.75) is 32.4 Å². The van der Waals surface area contributed by atoms with Crippen molar-refractivity contribution >= 4 is 11.0 Å². The van der Waals surface area contributed by atoms with Gasteiger partial charge in [-0.15, -0.1) is 0 Å². The van der Waals surface area contributed by atoms with Crippen molar-refractivity contribution in [2.75, 3.05) is 13.2 Å². The Labute approximate surface area is 177 Å². The number of hydrogen-bond donors (Lipinski definition) is 2. The molecule has 2 N–H and O–H groups in total. The Kier molecular flexibility index (Phi) is 5.35. The SMILES string of the molecule is Cc1cccc2[nH]c(-c3ccc(-c4cccc(CNCC5CCCO5)c4)cc3)nc12. The van der Waals surface area contributed by atoms with E-state index in [1.165, 1.54) is 35.1 Å². The molecule has 0 saturated carbocycles. The summed E-state index contributed by atoms with van der Waals surface area (Å²) in [5.74, 6) is 0.915. The predicted octanol–water partition coefficient (Wildman–Crippen LogP) is 5.47. The van der Waals surface area contributed by atoms with Gasteiger partial charge in [-0.25, -0.2) is 4.98 Å². The van der Waals surface area contributed by atoms with E-state index >= 15 is 0 Å². The molecule has 4 heteroatoms. The van der Waals surface area contributed by atoms with Gasteiger partial charge >= 0.3 is 0 Å². The molecule has 0 radical (unpaired) electrons. The lowest BCUT2D eigenvalue weighted by Gasteiger charge is -2.11. The van der Waals surface area contributed by atoms with Crippen LogP contribution >= 0.6 is 0 Å². The average molecular weight is 398 g/mol. The first-order valence-electron chi connectivity index (χ1n) is 10.7. The summed E-state index contributed by atoms with van der Waals surface area (Å²) < 4.78 is 5.69. The molecule has 0 amide bonds. The first-order chi connectivity index (χ1) is 14.8. The Morgan fingerprint density at radius 1 is 1.00 bits per heavy atom. The van der Waals surface area contributed by atoms with Gasteiger partial charge in [0.05, 0.1) is 17.1 Å². The second-order valence-corrected chi connectivity index (χ2v) is 8.10. The second-order valence-electron chi connectivity index (χ2n) is 8.10. The number of aryl methyl sites for hydroxylation is 1. The molecule has 4 aromatic rings. The molecule has 1 unspecified atom stereocenters. The summed E-state index contributed by atoms with van der Waals surface area (Å²) >= 11 is 0. The van der Waals surface area contributed by atoms with Crippen molar-refractivity contribution in [3.05, 3.63) is 77.9 Å². The molecule has 1 saturated heterocycles. The van der Waals surface area contributed by atoms with E-state index in [0.29, 0.717) is 6.10 Å². The van der Waals surface area contributed by atoms with Gasteiger partial charge in [0.25, 0.3) is 0 Å². The van der Waals surface area contributed by atoms with Gasteiger partial charge in [-0.2, -0.15) is 0 Å². The maximum absolute atomic E-state index is 5.69. The van der Waals surface area contributed by atoms with Crippen LogP contribution in [0.3, 0.4) is 0 Å². The van der Waals surface area contributed by atoms with Crippen LogP contribution < -0.4 is 5.32 Å². The van der Waals surface area contributed by atoms with Gasteiger partial charge in [0.1, 0.15) is 5.82 Å². The number of benzene rings is 3. The Balaban J connectivity index is 1.30. The van der Waals surface area contributed by atoms with E-state index < -0.39 is 0 Å². The zero-order chi connectivity index (χ0) is 20.3. The maximum atomic E-state index is 5.69. The number of nitrogens with one attached hydrogen (secondary N) is 2. The van der Waals surface area contributed by atoms with Crippen LogP contribution in [0.4, 0.5) is 0 Å². The number of nitrogens with zero attached hydrogens (tertiary/aromatic N) is 1. The number of aromatic amines is 1. The smallest absolute Gasteiger partial charge is 0.138 e. The number of ether oxygens (including phenoxy) is 1. The Hall–Kier alpha value is -2.95. The molecule has 1 fully saturated rings. The highest BCUT2D eigenvalue weighted by molar-refractivity contribution is 5.82. The summed E-state index contributed by atoms with van der Waals surface area (Å²) in [4.78, 5) is 8.23. The van der Waals surface area contributed by atoms with Crippen LogP contribution in [0.2, 0.25) is 0 Å². The third-order valence-electron chi connectivity index (χ3n) is 5.86. The first-order valence-corrected chi connectivity index (χ1v) is 10.7. The third kappa shape index (κ3) is 4.02. The van der Waals surface area contributed by atoms with E-state index in [4.69, 9.17) is 9.72 Å². The number of imidazole rings is 1. The molecule has 0 spiro atoms. The van der Waals surface area contributed by atoms with Crippen molar-refractivity contribution in [3.63, 3.8) is 0 Å². The molecular weight excluding hydrogens is 370 g/mol. The molecule has 1 aliphatic rings. The van der Waals surface area contributed by atoms with Crippen LogP contribution in [0, 0.1) is 6.92 Å². The molecule has 3 aromatic carbocycles. The van der Waals surface area contributed by atoms with Crippen LogP contribution in [-0.4, -0.2) is 29.2 Å². The van der Waals surface area contributed by atoms with Crippen molar-refractivity contribution in [1.82, 2.24) is 15.3 Å². The van der Waals surface area contributed by atoms with E-state index in [-0.39, 0.29) is 0 Å². The average Bonchev–Trinajstić information content (AvgIpc) is 3.45. The fourth-order valence-electron chi connectivity index (χ4n) is 4.18. The summed E-state index contributed by atoms with van der Waals surface area (Å²) in [7, 11) is 0. The van der Waals surface area contributed by atoms with Gasteiger partial charge in [-0.05, 0) is 54.2 Å². The quantitative estimate of drug-likeness (QED) is 0.453. The zero-order valence-corrected chi connectivity index (χ0v) is 17.3. The topological polar surface area (TPSA) is 49.9 Å². The van der Waals surface area contributed by atoms with Gasteiger partial charge in [0.15, 0.2) is 0 Å². The third-order valence-corrected chi connectivity index (χ3v) is 5.86. The van der Waals surface area contributed by atoms with Crippen molar-refractivity contribution in [2.24, 2.45) is 0 Å². The molecule has 1 aromatic heterocycles. The van der Waals surface area contributed by atoms with Crippen LogP contribution in [-0.2, 0) is 11.3 Å². The highest BCUT2D eigenvalue weighted by Crippen LogP contribution is 2.26. The molecule has 2 heterocycles. The molecule has 0 aliphatic carbocycles. The first kappa shape index (κ1) is 19.0. The van der Waals surface area contributed by atoms with E-state index in [0.717, 1.165) is 42.1 Å². The summed E-state index contributed by atoms with van der Waals surface area (Å²) in [5, 5.41) is 3.53. The predicted molar refractivity (Wildman–Crippen MR) is 122 cm³/mol. The minimum Gasteiger partial charge on any atom is -0.377 e. The highest BCUT2D eigenvalue weighted by atomic mass is 16.5. The summed E-state index contributed by atoms with van der Waals surface area (Å²) in [5.41, 5.74) is 8.16.